The van der Waals surface area contributed by atoms with Gasteiger partial charge in [-0.1, -0.05) is 24.2 Å². The SMILES string of the molecule is CC1CCC(OCc2cccc(/C(N)=N/O)c2F)CC1. The molecule has 1 fully saturated rings. The summed E-state index contributed by atoms with van der Waals surface area (Å²) in [4.78, 5) is 0. The summed E-state index contributed by atoms with van der Waals surface area (Å²) in [5.41, 5.74) is 5.98. The number of hydrogen-bond acceptors (Lipinski definition) is 3. The summed E-state index contributed by atoms with van der Waals surface area (Å²) in [6, 6.07) is 4.82. The number of nitrogens with two attached hydrogens (primary N) is 1. The van der Waals surface area contributed by atoms with Crippen LogP contribution in [0, 0.1) is 11.7 Å². The van der Waals surface area contributed by atoms with Gasteiger partial charge in [0.05, 0.1) is 18.3 Å². The molecule has 0 saturated heterocycles. The second kappa shape index (κ2) is 6.70. The molecule has 3 N–H and O–H groups in total. The predicted molar refractivity (Wildman–Crippen MR) is 75.1 cm³/mol. The van der Waals surface area contributed by atoms with Gasteiger partial charge in [0.1, 0.15) is 5.82 Å². The summed E-state index contributed by atoms with van der Waals surface area (Å²) in [5.74, 6) is 0.0540. The first-order valence-corrected chi connectivity index (χ1v) is 6.98. The largest absolute Gasteiger partial charge is 0.409 e. The molecule has 0 aromatic heterocycles. The van der Waals surface area contributed by atoms with Gasteiger partial charge in [-0.15, -0.1) is 0 Å². The molecule has 0 radical (unpaired) electrons. The average Bonchev–Trinajstić information content (AvgIpc) is 2.47. The van der Waals surface area contributed by atoms with Crippen molar-refractivity contribution in [3.8, 4) is 0 Å². The summed E-state index contributed by atoms with van der Waals surface area (Å²) < 4.78 is 20.0. The highest BCUT2D eigenvalue weighted by Gasteiger charge is 2.19. The molecule has 0 aliphatic heterocycles. The fourth-order valence-corrected chi connectivity index (χ4v) is 2.55. The third kappa shape index (κ3) is 3.48. The molecule has 1 aromatic rings. The lowest BCUT2D eigenvalue weighted by molar-refractivity contribution is 0.00758. The molecule has 0 amide bonds. The van der Waals surface area contributed by atoms with Crippen molar-refractivity contribution >= 4 is 5.84 Å². The maximum absolute atomic E-state index is 14.2. The molecule has 1 aliphatic carbocycles. The fraction of sp³-hybridized carbons (Fsp3) is 0.533. The van der Waals surface area contributed by atoms with Gasteiger partial charge in [-0.05, 0) is 37.7 Å². The Balaban J connectivity index is 1.99. The number of oxime groups is 1. The molecule has 0 spiro atoms. The highest BCUT2D eigenvalue weighted by Crippen LogP contribution is 2.26. The molecule has 110 valence electrons. The number of hydrogen-bond donors (Lipinski definition) is 2. The van der Waals surface area contributed by atoms with E-state index in [0.717, 1.165) is 31.6 Å². The van der Waals surface area contributed by atoms with E-state index in [9.17, 15) is 4.39 Å². The molecule has 1 aromatic carbocycles. The minimum absolute atomic E-state index is 0.103. The van der Waals surface area contributed by atoms with E-state index in [-0.39, 0.29) is 24.1 Å². The van der Waals surface area contributed by atoms with Crippen LogP contribution in [0.25, 0.3) is 0 Å². The Morgan fingerprint density at radius 1 is 1.40 bits per heavy atom. The van der Waals surface area contributed by atoms with E-state index >= 15 is 0 Å². The zero-order valence-electron chi connectivity index (χ0n) is 11.7. The van der Waals surface area contributed by atoms with Crippen molar-refractivity contribution in [3.05, 3.63) is 35.1 Å². The van der Waals surface area contributed by atoms with Crippen LogP contribution < -0.4 is 5.73 Å². The number of ether oxygens (including phenoxy) is 1. The van der Waals surface area contributed by atoms with Crippen LogP contribution in [-0.4, -0.2) is 17.1 Å². The molecule has 20 heavy (non-hydrogen) atoms. The van der Waals surface area contributed by atoms with Crippen LogP contribution in [0.2, 0.25) is 0 Å². The van der Waals surface area contributed by atoms with Gasteiger partial charge in [0.15, 0.2) is 5.84 Å². The quantitative estimate of drug-likeness (QED) is 0.385. The highest BCUT2D eigenvalue weighted by atomic mass is 19.1. The lowest BCUT2D eigenvalue weighted by Crippen LogP contribution is -2.21. The molecule has 0 bridgehead atoms. The van der Waals surface area contributed by atoms with E-state index in [1.165, 1.54) is 6.07 Å². The van der Waals surface area contributed by atoms with Gasteiger partial charge < -0.3 is 15.7 Å². The second-order valence-corrected chi connectivity index (χ2v) is 5.46. The van der Waals surface area contributed by atoms with Gasteiger partial charge in [-0.2, -0.15) is 0 Å². The third-order valence-electron chi connectivity index (χ3n) is 3.90. The monoisotopic (exact) mass is 280 g/mol. The Kier molecular flexibility index (Phi) is 4.95. The molecule has 0 unspecified atom stereocenters. The molecule has 0 heterocycles. The number of rotatable bonds is 4. The first-order chi connectivity index (χ1) is 9.61. The van der Waals surface area contributed by atoms with E-state index in [2.05, 4.69) is 12.1 Å². The lowest BCUT2D eigenvalue weighted by atomic mass is 9.89. The Labute approximate surface area is 118 Å². The zero-order chi connectivity index (χ0) is 14.5. The molecule has 2 rings (SSSR count). The van der Waals surface area contributed by atoms with Crippen molar-refractivity contribution in [2.75, 3.05) is 0 Å². The molecule has 1 aliphatic rings. The normalized spacial score (nSPS) is 23.8. The van der Waals surface area contributed by atoms with Crippen molar-refractivity contribution in [1.82, 2.24) is 0 Å². The number of amidine groups is 1. The van der Waals surface area contributed by atoms with Crippen LogP contribution in [0.4, 0.5) is 4.39 Å². The van der Waals surface area contributed by atoms with Crippen molar-refractivity contribution in [2.24, 2.45) is 16.8 Å². The topological polar surface area (TPSA) is 67.8 Å². The Morgan fingerprint density at radius 3 is 2.75 bits per heavy atom. The molecule has 4 nitrogen and oxygen atoms in total. The van der Waals surface area contributed by atoms with Gasteiger partial charge in [0.2, 0.25) is 0 Å². The smallest absolute Gasteiger partial charge is 0.173 e. The fourth-order valence-electron chi connectivity index (χ4n) is 2.55. The molecular formula is C15H21FN2O2. The first-order valence-electron chi connectivity index (χ1n) is 6.98. The molecule has 1 saturated carbocycles. The second-order valence-electron chi connectivity index (χ2n) is 5.46. The van der Waals surface area contributed by atoms with Crippen LogP contribution in [0.3, 0.4) is 0 Å². The van der Waals surface area contributed by atoms with E-state index in [0.29, 0.717) is 5.56 Å². The van der Waals surface area contributed by atoms with Crippen LogP contribution in [0.15, 0.2) is 23.4 Å². The summed E-state index contributed by atoms with van der Waals surface area (Å²) in [6.07, 6.45) is 4.60. The predicted octanol–water partition coefficient (Wildman–Crippen LogP) is 3.02. The summed E-state index contributed by atoms with van der Waals surface area (Å²) in [7, 11) is 0. The van der Waals surface area contributed by atoms with Crippen LogP contribution >= 0.6 is 0 Å². The summed E-state index contributed by atoms with van der Waals surface area (Å²) >= 11 is 0. The maximum atomic E-state index is 14.2. The minimum atomic E-state index is -0.480. The third-order valence-corrected chi connectivity index (χ3v) is 3.90. The Hall–Kier alpha value is -1.62. The Bertz CT molecular complexity index is 483. The number of nitrogens with zero attached hydrogens (tertiary/aromatic N) is 1. The molecule has 5 heteroatoms. The van der Waals surface area contributed by atoms with E-state index in [1.54, 1.807) is 12.1 Å². The standard InChI is InChI=1S/C15H21FN2O2/c1-10-5-7-12(8-6-10)20-9-11-3-2-4-13(14(11)16)15(17)18-19/h2-4,10,12,19H,5-9H2,1H3,(H2,17,18). The van der Waals surface area contributed by atoms with Crippen LogP contribution in [0.1, 0.15) is 43.7 Å². The average molecular weight is 280 g/mol. The zero-order valence-corrected chi connectivity index (χ0v) is 11.7. The van der Waals surface area contributed by atoms with Crippen molar-refractivity contribution in [1.29, 1.82) is 0 Å². The first kappa shape index (κ1) is 14.8. The highest BCUT2D eigenvalue weighted by molar-refractivity contribution is 5.97. The van der Waals surface area contributed by atoms with Crippen molar-refractivity contribution < 1.29 is 14.3 Å². The summed E-state index contributed by atoms with van der Waals surface area (Å²) in [5, 5.41) is 11.5. The van der Waals surface area contributed by atoms with Crippen LogP contribution in [0.5, 0.6) is 0 Å². The lowest BCUT2D eigenvalue weighted by Gasteiger charge is -2.26. The van der Waals surface area contributed by atoms with Gasteiger partial charge in [-0.3, -0.25) is 0 Å². The minimum Gasteiger partial charge on any atom is -0.409 e. The number of halogens is 1. The summed E-state index contributed by atoms with van der Waals surface area (Å²) in [6.45, 7) is 2.47. The van der Waals surface area contributed by atoms with Gasteiger partial charge >= 0.3 is 0 Å². The van der Waals surface area contributed by atoms with Crippen molar-refractivity contribution in [3.63, 3.8) is 0 Å². The van der Waals surface area contributed by atoms with Gasteiger partial charge in [0, 0.05) is 5.56 Å². The number of benzene rings is 1. The Morgan fingerprint density at radius 2 is 2.10 bits per heavy atom. The molecule has 0 atom stereocenters. The van der Waals surface area contributed by atoms with Gasteiger partial charge in [-0.25, -0.2) is 4.39 Å². The van der Waals surface area contributed by atoms with E-state index in [4.69, 9.17) is 15.7 Å². The van der Waals surface area contributed by atoms with Crippen molar-refractivity contribution in [2.45, 2.75) is 45.3 Å². The molecular weight excluding hydrogens is 259 g/mol. The van der Waals surface area contributed by atoms with E-state index < -0.39 is 5.82 Å². The van der Waals surface area contributed by atoms with Gasteiger partial charge in [0.25, 0.3) is 0 Å². The van der Waals surface area contributed by atoms with Crippen LogP contribution in [-0.2, 0) is 11.3 Å². The maximum Gasteiger partial charge on any atom is 0.173 e. The van der Waals surface area contributed by atoms with E-state index in [1.807, 2.05) is 0 Å².